The summed E-state index contributed by atoms with van der Waals surface area (Å²) in [5.41, 5.74) is 3.40. The lowest BCUT2D eigenvalue weighted by Crippen LogP contribution is -2.48. The molecule has 31 heavy (non-hydrogen) atoms. The first-order chi connectivity index (χ1) is 15.0. The van der Waals surface area contributed by atoms with E-state index in [1.54, 1.807) is 6.92 Å². The van der Waals surface area contributed by atoms with Crippen molar-refractivity contribution in [2.45, 2.75) is 13.8 Å². The zero-order chi connectivity index (χ0) is 22.2. The third-order valence-electron chi connectivity index (χ3n) is 5.13. The Morgan fingerprint density at radius 2 is 1.65 bits per heavy atom. The first-order valence-electron chi connectivity index (χ1n) is 10.4. The molecule has 1 fully saturated rings. The fourth-order valence-corrected chi connectivity index (χ4v) is 3.45. The lowest BCUT2D eigenvalue weighted by molar-refractivity contribution is -0.141. The van der Waals surface area contributed by atoms with Gasteiger partial charge in [-0.25, -0.2) is 4.79 Å². The molecule has 0 unspecified atom stereocenters. The van der Waals surface area contributed by atoms with Gasteiger partial charge in [-0.2, -0.15) is 0 Å². The van der Waals surface area contributed by atoms with Crippen molar-refractivity contribution >= 4 is 29.3 Å². The topological polar surface area (TPSA) is 91.0 Å². The number of carbonyl (C=O) groups excluding carboxylic acids is 3. The summed E-state index contributed by atoms with van der Waals surface area (Å²) in [7, 11) is 0. The molecule has 164 valence electrons. The summed E-state index contributed by atoms with van der Waals surface area (Å²) in [5.74, 6) is -0.404. The number of hydrogen-bond acceptors (Lipinski definition) is 5. The minimum atomic E-state index is -0.479. The smallest absolute Gasteiger partial charge is 0.325 e. The zero-order valence-electron chi connectivity index (χ0n) is 17.9. The number of rotatable bonds is 6. The molecular weight excluding hydrogens is 396 g/mol. The molecule has 0 radical (unpaired) electrons. The van der Waals surface area contributed by atoms with Crippen molar-refractivity contribution in [2.24, 2.45) is 0 Å². The molecule has 0 saturated carbocycles. The number of carbonyl (C=O) groups is 3. The number of hydrogen-bond donors (Lipinski definition) is 2. The van der Waals surface area contributed by atoms with Crippen molar-refractivity contribution < 1.29 is 19.1 Å². The second-order valence-electron chi connectivity index (χ2n) is 7.25. The highest BCUT2D eigenvalue weighted by Gasteiger charge is 2.23. The van der Waals surface area contributed by atoms with E-state index < -0.39 is 12.0 Å². The molecule has 0 spiro atoms. The number of amides is 3. The Bertz CT molecular complexity index is 921. The summed E-state index contributed by atoms with van der Waals surface area (Å²) in [6, 6.07) is 14.7. The van der Waals surface area contributed by atoms with Gasteiger partial charge in [0, 0.05) is 43.1 Å². The molecule has 2 N–H and O–H groups in total. The predicted molar refractivity (Wildman–Crippen MR) is 119 cm³/mol. The molecule has 1 saturated heterocycles. The highest BCUT2D eigenvalue weighted by Crippen LogP contribution is 2.20. The predicted octanol–water partition coefficient (Wildman–Crippen LogP) is 2.64. The zero-order valence-corrected chi connectivity index (χ0v) is 17.9. The van der Waals surface area contributed by atoms with Crippen LogP contribution in [-0.2, 0) is 9.53 Å². The highest BCUT2D eigenvalue weighted by atomic mass is 16.5. The number of piperazine rings is 1. The van der Waals surface area contributed by atoms with E-state index in [2.05, 4.69) is 15.5 Å². The number of benzene rings is 2. The van der Waals surface area contributed by atoms with Gasteiger partial charge in [0.05, 0.1) is 6.61 Å². The first-order valence-corrected chi connectivity index (χ1v) is 10.4. The Hall–Kier alpha value is -3.55. The maximum absolute atomic E-state index is 12.8. The Labute approximate surface area is 182 Å². The summed E-state index contributed by atoms with van der Waals surface area (Å²) in [4.78, 5) is 40.0. The molecule has 3 amide bonds. The van der Waals surface area contributed by atoms with E-state index in [9.17, 15) is 14.4 Å². The molecule has 2 aromatic rings. The Kier molecular flexibility index (Phi) is 7.48. The van der Waals surface area contributed by atoms with E-state index >= 15 is 0 Å². The minimum absolute atomic E-state index is 0.0751. The van der Waals surface area contributed by atoms with E-state index in [0.29, 0.717) is 18.8 Å². The van der Waals surface area contributed by atoms with E-state index in [1.165, 1.54) is 0 Å². The first kappa shape index (κ1) is 22.1. The number of aryl methyl sites for hydroxylation is 1. The van der Waals surface area contributed by atoms with Gasteiger partial charge in [0.15, 0.2) is 0 Å². The second kappa shape index (κ2) is 10.5. The molecule has 0 aliphatic carbocycles. The van der Waals surface area contributed by atoms with Crippen LogP contribution in [0.4, 0.5) is 16.2 Å². The molecule has 0 aromatic heterocycles. The van der Waals surface area contributed by atoms with Crippen LogP contribution in [-0.4, -0.2) is 62.1 Å². The second-order valence-corrected chi connectivity index (χ2v) is 7.25. The monoisotopic (exact) mass is 424 g/mol. The number of urea groups is 1. The van der Waals surface area contributed by atoms with Crippen molar-refractivity contribution in [1.29, 1.82) is 0 Å². The molecule has 8 heteroatoms. The molecule has 0 bridgehead atoms. The van der Waals surface area contributed by atoms with Crippen LogP contribution in [0.2, 0.25) is 0 Å². The summed E-state index contributed by atoms with van der Waals surface area (Å²) >= 11 is 0. The molecule has 1 aliphatic heterocycles. The van der Waals surface area contributed by atoms with Gasteiger partial charge in [0.2, 0.25) is 0 Å². The molecule has 1 aliphatic rings. The third kappa shape index (κ3) is 5.97. The quantitative estimate of drug-likeness (QED) is 0.696. The molecular formula is C23H28N4O4. The number of nitrogens with one attached hydrogen (secondary N) is 2. The van der Waals surface area contributed by atoms with Gasteiger partial charge in [-0.3, -0.25) is 9.59 Å². The van der Waals surface area contributed by atoms with Crippen LogP contribution in [0.3, 0.4) is 0 Å². The van der Waals surface area contributed by atoms with E-state index in [0.717, 1.165) is 29.9 Å². The van der Waals surface area contributed by atoms with Crippen LogP contribution < -0.4 is 15.5 Å². The molecule has 3 rings (SSSR count). The van der Waals surface area contributed by atoms with Gasteiger partial charge in [0.25, 0.3) is 5.91 Å². The van der Waals surface area contributed by atoms with Gasteiger partial charge in [-0.1, -0.05) is 18.2 Å². The van der Waals surface area contributed by atoms with Crippen LogP contribution in [0.1, 0.15) is 22.8 Å². The number of anilines is 2. The third-order valence-corrected chi connectivity index (χ3v) is 5.13. The largest absolute Gasteiger partial charge is 0.465 e. The van der Waals surface area contributed by atoms with Crippen molar-refractivity contribution in [1.82, 2.24) is 10.2 Å². The van der Waals surface area contributed by atoms with Crippen LogP contribution in [0.15, 0.2) is 48.5 Å². The van der Waals surface area contributed by atoms with Crippen molar-refractivity contribution in [3.63, 3.8) is 0 Å². The van der Waals surface area contributed by atoms with Gasteiger partial charge in [0.1, 0.15) is 6.54 Å². The Balaban J connectivity index is 1.49. The molecule has 2 aromatic carbocycles. The number of ether oxygens (including phenoxy) is 1. The Morgan fingerprint density at radius 3 is 2.29 bits per heavy atom. The maximum atomic E-state index is 12.8. The van der Waals surface area contributed by atoms with E-state index in [4.69, 9.17) is 4.74 Å². The SMILES string of the molecule is CCOC(=O)CNC(=O)Nc1ccc(N2CCN(C(=O)c3ccccc3C)CC2)cc1. The fourth-order valence-electron chi connectivity index (χ4n) is 3.45. The van der Waals surface area contributed by atoms with Gasteiger partial charge >= 0.3 is 12.0 Å². The molecule has 0 atom stereocenters. The number of nitrogens with zero attached hydrogens (tertiary/aromatic N) is 2. The summed E-state index contributed by atoms with van der Waals surface area (Å²) < 4.78 is 4.77. The van der Waals surface area contributed by atoms with Gasteiger partial charge in [-0.15, -0.1) is 0 Å². The fraction of sp³-hybridized carbons (Fsp3) is 0.348. The van der Waals surface area contributed by atoms with Crippen molar-refractivity contribution in [2.75, 3.05) is 49.5 Å². The average Bonchev–Trinajstić information content (AvgIpc) is 2.78. The minimum Gasteiger partial charge on any atom is -0.465 e. The van der Waals surface area contributed by atoms with E-state index in [-0.39, 0.29) is 19.1 Å². The summed E-state index contributed by atoms with van der Waals surface area (Å²) in [6.45, 7) is 6.56. The normalized spacial score (nSPS) is 13.5. The van der Waals surface area contributed by atoms with Crippen molar-refractivity contribution in [3.05, 3.63) is 59.7 Å². The van der Waals surface area contributed by atoms with Crippen molar-refractivity contribution in [3.8, 4) is 0 Å². The van der Waals surface area contributed by atoms with Gasteiger partial charge in [-0.05, 0) is 49.7 Å². The van der Waals surface area contributed by atoms with E-state index in [1.807, 2.05) is 60.4 Å². The Morgan fingerprint density at radius 1 is 0.968 bits per heavy atom. The summed E-state index contributed by atoms with van der Waals surface area (Å²) in [6.07, 6.45) is 0. The maximum Gasteiger partial charge on any atom is 0.325 e. The van der Waals surface area contributed by atoms with Crippen LogP contribution in [0, 0.1) is 6.92 Å². The summed E-state index contributed by atoms with van der Waals surface area (Å²) in [5, 5.41) is 5.14. The van der Waals surface area contributed by atoms with Crippen LogP contribution >= 0.6 is 0 Å². The molecule has 8 nitrogen and oxygen atoms in total. The van der Waals surface area contributed by atoms with Crippen LogP contribution in [0.5, 0.6) is 0 Å². The average molecular weight is 425 g/mol. The standard InChI is InChI=1S/C23H28N4O4/c1-3-31-21(28)16-24-23(30)25-18-8-10-19(11-9-18)26-12-14-27(15-13-26)22(29)20-7-5-4-6-17(20)2/h4-11H,3,12-16H2,1-2H3,(H2,24,25,30). The van der Waals surface area contributed by atoms with Gasteiger partial charge < -0.3 is 25.2 Å². The molecule has 1 heterocycles. The number of esters is 1. The lowest BCUT2D eigenvalue weighted by Gasteiger charge is -2.36. The highest BCUT2D eigenvalue weighted by molar-refractivity contribution is 5.95. The van der Waals surface area contributed by atoms with Crippen LogP contribution in [0.25, 0.3) is 0 Å². The lowest BCUT2D eigenvalue weighted by atomic mass is 10.1.